The van der Waals surface area contributed by atoms with Crippen molar-refractivity contribution in [2.75, 3.05) is 26.0 Å². The van der Waals surface area contributed by atoms with Gasteiger partial charge in [-0.1, -0.05) is 13.3 Å². The van der Waals surface area contributed by atoms with E-state index in [1.807, 2.05) is 29.9 Å². The Kier molecular flexibility index (Phi) is 5.38. The molecule has 4 rings (SSSR count). The molecule has 0 aromatic carbocycles. The molecule has 0 radical (unpaired) electrons. The Morgan fingerprint density at radius 1 is 1.32 bits per heavy atom. The maximum Gasteiger partial charge on any atom is 0.223 e. The van der Waals surface area contributed by atoms with E-state index in [0.29, 0.717) is 11.9 Å². The first-order chi connectivity index (χ1) is 13.7. The number of hydrogen-bond donors (Lipinski definition) is 2. The number of anilines is 1. The zero-order valence-electron chi connectivity index (χ0n) is 16.6. The van der Waals surface area contributed by atoms with Crippen molar-refractivity contribution < 1.29 is 4.74 Å². The van der Waals surface area contributed by atoms with E-state index in [-0.39, 0.29) is 6.04 Å². The minimum Gasteiger partial charge on any atom is -0.495 e. The van der Waals surface area contributed by atoms with Gasteiger partial charge in [-0.3, -0.25) is 0 Å². The van der Waals surface area contributed by atoms with Crippen molar-refractivity contribution >= 4 is 11.6 Å². The zero-order valence-corrected chi connectivity index (χ0v) is 16.6. The number of ether oxygens (including phenoxy) is 1. The lowest BCUT2D eigenvalue weighted by Crippen LogP contribution is -2.31. The van der Waals surface area contributed by atoms with Gasteiger partial charge in [0.15, 0.2) is 5.65 Å². The number of rotatable bonds is 9. The highest BCUT2D eigenvalue weighted by Crippen LogP contribution is 2.43. The van der Waals surface area contributed by atoms with Crippen molar-refractivity contribution in [1.29, 1.82) is 0 Å². The van der Waals surface area contributed by atoms with Crippen LogP contribution in [0.5, 0.6) is 5.75 Å². The fourth-order valence-electron chi connectivity index (χ4n) is 3.46. The van der Waals surface area contributed by atoms with Gasteiger partial charge < -0.3 is 15.4 Å². The largest absolute Gasteiger partial charge is 0.495 e. The fourth-order valence-corrected chi connectivity index (χ4v) is 3.46. The van der Waals surface area contributed by atoms with Crippen LogP contribution in [0.1, 0.15) is 44.2 Å². The van der Waals surface area contributed by atoms with Gasteiger partial charge in [0.2, 0.25) is 5.95 Å². The number of aromatic nitrogens is 5. The standard InChI is InChI=1S/C20H27N7O/c1-4-5-14(11-21-2)24-20-22-9-8-15(25-20)16-12-23-18-10-17(28-3)19(13-6-7-13)26-27(16)18/h8-10,12-14,21H,4-7,11H2,1-3H3,(H,22,24,25). The molecule has 3 aromatic heterocycles. The maximum atomic E-state index is 5.52. The average molecular weight is 381 g/mol. The molecule has 1 fully saturated rings. The first-order valence-electron chi connectivity index (χ1n) is 9.90. The van der Waals surface area contributed by atoms with Gasteiger partial charge in [0.05, 0.1) is 19.0 Å². The highest BCUT2D eigenvalue weighted by Gasteiger charge is 2.29. The van der Waals surface area contributed by atoms with Crippen molar-refractivity contribution in [3.8, 4) is 17.1 Å². The molecule has 0 bridgehead atoms. The molecule has 3 heterocycles. The zero-order chi connectivity index (χ0) is 19.5. The van der Waals surface area contributed by atoms with Crippen molar-refractivity contribution in [2.24, 2.45) is 0 Å². The number of nitrogens with one attached hydrogen (secondary N) is 2. The Labute approximate surface area is 164 Å². The average Bonchev–Trinajstić information content (AvgIpc) is 3.47. The lowest BCUT2D eigenvalue weighted by Gasteiger charge is -2.17. The number of methoxy groups -OCH3 is 1. The summed E-state index contributed by atoms with van der Waals surface area (Å²) >= 11 is 0. The van der Waals surface area contributed by atoms with Gasteiger partial charge in [-0.15, -0.1) is 0 Å². The summed E-state index contributed by atoms with van der Waals surface area (Å²) < 4.78 is 7.38. The van der Waals surface area contributed by atoms with Crippen molar-refractivity contribution in [1.82, 2.24) is 29.9 Å². The molecule has 8 heteroatoms. The molecule has 148 valence electrons. The molecular weight excluding hydrogens is 354 g/mol. The van der Waals surface area contributed by atoms with E-state index >= 15 is 0 Å². The second kappa shape index (κ2) is 8.10. The second-order valence-electron chi connectivity index (χ2n) is 7.24. The molecule has 2 N–H and O–H groups in total. The molecule has 28 heavy (non-hydrogen) atoms. The summed E-state index contributed by atoms with van der Waals surface area (Å²) in [7, 11) is 3.64. The monoisotopic (exact) mass is 381 g/mol. The van der Waals surface area contributed by atoms with Gasteiger partial charge in [-0.05, 0) is 32.4 Å². The van der Waals surface area contributed by atoms with Crippen LogP contribution in [-0.4, -0.2) is 51.3 Å². The summed E-state index contributed by atoms with van der Waals surface area (Å²) in [6, 6.07) is 4.13. The van der Waals surface area contributed by atoms with Crippen LogP contribution < -0.4 is 15.4 Å². The fraction of sp³-hybridized carbons (Fsp3) is 0.500. The van der Waals surface area contributed by atoms with E-state index < -0.39 is 0 Å². The van der Waals surface area contributed by atoms with Gasteiger partial charge in [-0.25, -0.2) is 19.5 Å². The molecule has 0 saturated heterocycles. The molecule has 0 spiro atoms. The first kappa shape index (κ1) is 18.6. The number of imidazole rings is 1. The Morgan fingerprint density at radius 3 is 2.89 bits per heavy atom. The van der Waals surface area contributed by atoms with Crippen LogP contribution in [0, 0.1) is 0 Å². The van der Waals surface area contributed by atoms with Crippen LogP contribution in [0.4, 0.5) is 5.95 Å². The molecule has 1 aliphatic carbocycles. The van der Waals surface area contributed by atoms with Gasteiger partial charge in [0.1, 0.15) is 17.1 Å². The van der Waals surface area contributed by atoms with Crippen molar-refractivity contribution in [2.45, 2.75) is 44.6 Å². The normalized spacial score (nSPS) is 15.0. The summed E-state index contributed by atoms with van der Waals surface area (Å²) in [5.41, 5.74) is 3.40. The van der Waals surface area contributed by atoms with Crippen molar-refractivity contribution in [3.63, 3.8) is 0 Å². The van der Waals surface area contributed by atoms with E-state index in [0.717, 1.165) is 60.7 Å². The summed E-state index contributed by atoms with van der Waals surface area (Å²) in [5.74, 6) is 1.91. The molecule has 1 atom stereocenters. The highest BCUT2D eigenvalue weighted by atomic mass is 16.5. The van der Waals surface area contributed by atoms with E-state index in [4.69, 9.17) is 14.8 Å². The lowest BCUT2D eigenvalue weighted by atomic mass is 10.1. The molecule has 1 unspecified atom stereocenters. The molecule has 0 aliphatic heterocycles. The van der Waals surface area contributed by atoms with Crippen LogP contribution >= 0.6 is 0 Å². The molecule has 8 nitrogen and oxygen atoms in total. The van der Waals surface area contributed by atoms with E-state index in [1.165, 1.54) is 0 Å². The third kappa shape index (κ3) is 3.77. The van der Waals surface area contributed by atoms with E-state index in [1.54, 1.807) is 13.3 Å². The van der Waals surface area contributed by atoms with Gasteiger partial charge >= 0.3 is 0 Å². The second-order valence-corrected chi connectivity index (χ2v) is 7.24. The Balaban J connectivity index is 1.67. The minimum atomic E-state index is 0.288. The summed E-state index contributed by atoms with van der Waals surface area (Å²) in [5, 5.41) is 11.5. The lowest BCUT2D eigenvalue weighted by molar-refractivity contribution is 0.405. The predicted octanol–water partition coefficient (Wildman–Crippen LogP) is 2.87. The molecule has 1 saturated carbocycles. The molecule has 3 aromatic rings. The number of nitrogens with zero attached hydrogens (tertiary/aromatic N) is 5. The SMILES string of the molecule is CCCC(CNC)Nc1nccc(-c2cnc3cc(OC)c(C4CC4)nn23)n1. The van der Waals surface area contributed by atoms with Crippen LogP contribution in [0.25, 0.3) is 17.0 Å². The summed E-state index contributed by atoms with van der Waals surface area (Å²) in [6.45, 7) is 3.04. The van der Waals surface area contributed by atoms with Crippen LogP contribution in [0.3, 0.4) is 0 Å². The third-order valence-corrected chi connectivity index (χ3v) is 5.01. The van der Waals surface area contributed by atoms with Crippen LogP contribution in [-0.2, 0) is 0 Å². The topological polar surface area (TPSA) is 89.3 Å². The van der Waals surface area contributed by atoms with Gasteiger partial charge in [-0.2, -0.15) is 5.10 Å². The number of likely N-dealkylation sites (N-methyl/N-ethyl adjacent to an activating group) is 1. The Hall–Kier alpha value is -2.74. The number of fused-ring (bicyclic) bond motifs is 1. The van der Waals surface area contributed by atoms with Gasteiger partial charge in [0.25, 0.3) is 0 Å². The Bertz CT molecular complexity index is 945. The van der Waals surface area contributed by atoms with E-state index in [2.05, 4.69) is 27.5 Å². The predicted molar refractivity (Wildman–Crippen MR) is 109 cm³/mol. The Morgan fingerprint density at radius 2 is 2.18 bits per heavy atom. The van der Waals surface area contributed by atoms with E-state index in [9.17, 15) is 0 Å². The smallest absolute Gasteiger partial charge is 0.223 e. The van der Waals surface area contributed by atoms with Crippen LogP contribution in [0.2, 0.25) is 0 Å². The summed E-state index contributed by atoms with van der Waals surface area (Å²) in [4.78, 5) is 13.6. The minimum absolute atomic E-state index is 0.288. The number of hydrogen-bond acceptors (Lipinski definition) is 7. The molecule has 0 amide bonds. The summed E-state index contributed by atoms with van der Waals surface area (Å²) in [6.07, 6.45) is 8.05. The molecule has 1 aliphatic rings. The maximum absolute atomic E-state index is 5.52. The third-order valence-electron chi connectivity index (χ3n) is 5.01. The quantitative estimate of drug-likeness (QED) is 0.589. The van der Waals surface area contributed by atoms with Crippen LogP contribution in [0.15, 0.2) is 24.5 Å². The highest BCUT2D eigenvalue weighted by molar-refractivity contribution is 5.61. The van der Waals surface area contributed by atoms with Gasteiger partial charge in [0, 0.05) is 30.8 Å². The van der Waals surface area contributed by atoms with Crippen molar-refractivity contribution in [3.05, 3.63) is 30.2 Å². The molecular formula is C20H27N7O. The first-order valence-corrected chi connectivity index (χ1v) is 9.90.